The molecule has 0 fully saturated rings. The van der Waals surface area contributed by atoms with E-state index in [9.17, 15) is 4.79 Å². The Morgan fingerprint density at radius 1 is 0.933 bits per heavy atom. The second kappa shape index (κ2) is 2.84. The molecule has 0 aliphatic heterocycles. The molecular formula is C14H16O. The number of carbonyl (C=O) groups excluding carboxylic acids is 1. The Morgan fingerprint density at radius 3 is 1.67 bits per heavy atom. The molecule has 0 bridgehead atoms. The molecule has 15 heavy (non-hydrogen) atoms. The number of fused-ring (bicyclic) bond motifs is 1. The number of hydrogen-bond acceptors (Lipinski definition) is 1. The van der Waals surface area contributed by atoms with Crippen LogP contribution in [-0.2, 0) is 15.6 Å². The molecule has 0 heterocycles. The Balaban J connectivity index is 2.83. The first-order chi connectivity index (χ1) is 6.92. The molecule has 1 nitrogen and oxygen atoms in total. The van der Waals surface area contributed by atoms with Crippen molar-refractivity contribution in [1.82, 2.24) is 0 Å². The van der Waals surface area contributed by atoms with Crippen LogP contribution in [0.4, 0.5) is 0 Å². The van der Waals surface area contributed by atoms with Crippen molar-refractivity contribution in [3.63, 3.8) is 0 Å². The normalized spacial score (nSPS) is 20.9. The number of rotatable bonds is 0. The maximum Gasteiger partial charge on any atom is 0.125 e. The zero-order chi connectivity index (χ0) is 11.3. The lowest BCUT2D eigenvalue weighted by molar-refractivity contribution is 0.525. The molecule has 0 atom stereocenters. The average molecular weight is 200 g/mol. The average Bonchev–Trinajstić information content (AvgIpc) is 2.32. The van der Waals surface area contributed by atoms with Gasteiger partial charge in [-0.25, -0.2) is 4.79 Å². The molecule has 1 heteroatoms. The third kappa shape index (κ3) is 1.13. The van der Waals surface area contributed by atoms with Gasteiger partial charge in [0.1, 0.15) is 5.94 Å². The van der Waals surface area contributed by atoms with Gasteiger partial charge < -0.3 is 0 Å². The van der Waals surface area contributed by atoms with Crippen LogP contribution in [0.2, 0.25) is 0 Å². The Hall–Kier alpha value is -1.33. The largest absolute Gasteiger partial charge is 0.233 e. The monoisotopic (exact) mass is 200 g/mol. The maximum atomic E-state index is 11.1. The van der Waals surface area contributed by atoms with E-state index in [0.717, 1.165) is 5.57 Å². The predicted octanol–water partition coefficient (Wildman–Crippen LogP) is 3.01. The molecule has 0 N–H and O–H groups in total. The molecule has 0 amide bonds. The fourth-order valence-corrected chi connectivity index (χ4v) is 2.88. The van der Waals surface area contributed by atoms with Crippen molar-refractivity contribution in [1.29, 1.82) is 0 Å². The van der Waals surface area contributed by atoms with E-state index in [-0.39, 0.29) is 10.8 Å². The van der Waals surface area contributed by atoms with Crippen molar-refractivity contribution in [3.05, 3.63) is 41.0 Å². The molecule has 0 aromatic heterocycles. The summed E-state index contributed by atoms with van der Waals surface area (Å²) in [6.07, 6.45) is 0. The van der Waals surface area contributed by atoms with Crippen LogP contribution < -0.4 is 0 Å². The Morgan fingerprint density at radius 2 is 1.33 bits per heavy atom. The topological polar surface area (TPSA) is 17.1 Å². The second-order valence-electron chi connectivity index (χ2n) is 5.27. The highest BCUT2D eigenvalue weighted by Gasteiger charge is 2.47. The lowest BCUT2D eigenvalue weighted by Crippen LogP contribution is -2.23. The Bertz CT molecular complexity index is 423. The van der Waals surface area contributed by atoms with Gasteiger partial charge in [0.25, 0.3) is 0 Å². The van der Waals surface area contributed by atoms with Gasteiger partial charge in [-0.1, -0.05) is 52.0 Å². The second-order valence-corrected chi connectivity index (χ2v) is 5.27. The van der Waals surface area contributed by atoms with Crippen molar-refractivity contribution in [3.8, 4) is 0 Å². The quantitative estimate of drug-likeness (QED) is 0.588. The molecular weight excluding hydrogens is 184 g/mol. The van der Waals surface area contributed by atoms with Gasteiger partial charge in [-0.3, -0.25) is 0 Å². The van der Waals surface area contributed by atoms with Crippen molar-refractivity contribution < 1.29 is 4.79 Å². The van der Waals surface area contributed by atoms with E-state index in [0.29, 0.717) is 0 Å². The molecule has 1 aliphatic rings. The Kier molecular flexibility index (Phi) is 1.93. The molecule has 1 aromatic rings. The van der Waals surface area contributed by atoms with Gasteiger partial charge in [0.15, 0.2) is 0 Å². The van der Waals surface area contributed by atoms with Crippen LogP contribution in [0.15, 0.2) is 29.8 Å². The SMILES string of the molecule is CC1(C)C(=C=O)C(C)(C)c2ccccc21. The highest BCUT2D eigenvalue weighted by Crippen LogP contribution is 2.51. The van der Waals surface area contributed by atoms with Gasteiger partial charge in [0.05, 0.1) is 0 Å². The van der Waals surface area contributed by atoms with E-state index in [2.05, 4.69) is 45.8 Å². The molecule has 0 spiro atoms. The van der Waals surface area contributed by atoms with E-state index in [1.165, 1.54) is 11.1 Å². The molecule has 78 valence electrons. The fourth-order valence-electron chi connectivity index (χ4n) is 2.88. The summed E-state index contributed by atoms with van der Waals surface area (Å²) in [4.78, 5) is 11.1. The van der Waals surface area contributed by atoms with Crippen LogP contribution in [0, 0.1) is 0 Å². The molecule has 0 radical (unpaired) electrons. The predicted molar refractivity (Wildman–Crippen MR) is 61.7 cm³/mol. The van der Waals surface area contributed by atoms with Crippen molar-refractivity contribution in [2.24, 2.45) is 0 Å². The first-order valence-electron chi connectivity index (χ1n) is 5.28. The van der Waals surface area contributed by atoms with Crippen LogP contribution >= 0.6 is 0 Å². The zero-order valence-corrected chi connectivity index (χ0v) is 9.72. The number of benzene rings is 1. The molecule has 2 rings (SSSR count). The van der Waals surface area contributed by atoms with Gasteiger partial charge in [0.2, 0.25) is 0 Å². The van der Waals surface area contributed by atoms with Crippen LogP contribution in [0.3, 0.4) is 0 Å². The van der Waals surface area contributed by atoms with E-state index >= 15 is 0 Å². The van der Waals surface area contributed by atoms with E-state index in [1.54, 1.807) is 0 Å². The highest BCUT2D eigenvalue weighted by molar-refractivity contribution is 5.70. The zero-order valence-electron chi connectivity index (χ0n) is 9.72. The van der Waals surface area contributed by atoms with Crippen LogP contribution in [0.1, 0.15) is 38.8 Å². The molecule has 1 aliphatic carbocycles. The van der Waals surface area contributed by atoms with Gasteiger partial charge in [-0.2, -0.15) is 0 Å². The highest BCUT2D eigenvalue weighted by atomic mass is 16.1. The maximum absolute atomic E-state index is 11.1. The third-order valence-corrected chi connectivity index (χ3v) is 3.63. The third-order valence-electron chi connectivity index (χ3n) is 3.63. The van der Waals surface area contributed by atoms with Crippen LogP contribution in [0.25, 0.3) is 0 Å². The first-order valence-corrected chi connectivity index (χ1v) is 5.28. The minimum atomic E-state index is -0.179. The van der Waals surface area contributed by atoms with E-state index < -0.39 is 0 Å². The van der Waals surface area contributed by atoms with Crippen LogP contribution in [-0.4, -0.2) is 5.94 Å². The standard InChI is InChI=1S/C14H16O/c1-13(2)10-7-5-6-8-11(10)14(3,4)12(13)9-15/h5-8H,1-4H3. The van der Waals surface area contributed by atoms with Crippen LogP contribution in [0.5, 0.6) is 0 Å². The van der Waals surface area contributed by atoms with Gasteiger partial charge >= 0.3 is 0 Å². The number of allylic oxidation sites excluding steroid dienone is 1. The summed E-state index contributed by atoms with van der Waals surface area (Å²) in [5.74, 6) is 2.16. The lowest BCUT2D eigenvalue weighted by Gasteiger charge is -2.24. The van der Waals surface area contributed by atoms with Gasteiger partial charge in [-0.05, 0) is 11.1 Å². The first kappa shape index (κ1) is 10.2. The van der Waals surface area contributed by atoms with Gasteiger partial charge in [-0.15, -0.1) is 0 Å². The molecule has 1 aromatic carbocycles. The summed E-state index contributed by atoms with van der Waals surface area (Å²) >= 11 is 0. The van der Waals surface area contributed by atoms with Crippen molar-refractivity contribution in [2.45, 2.75) is 38.5 Å². The summed E-state index contributed by atoms with van der Waals surface area (Å²) in [6.45, 7) is 8.39. The summed E-state index contributed by atoms with van der Waals surface area (Å²) in [6, 6.07) is 8.29. The van der Waals surface area contributed by atoms with Crippen molar-refractivity contribution in [2.75, 3.05) is 0 Å². The fraction of sp³-hybridized carbons (Fsp3) is 0.429. The lowest BCUT2D eigenvalue weighted by atomic mass is 9.77. The van der Waals surface area contributed by atoms with E-state index in [4.69, 9.17) is 0 Å². The number of hydrogen-bond donors (Lipinski definition) is 0. The molecule has 0 saturated heterocycles. The summed E-state index contributed by atoms with van der Waals surface area (Å²) in [5, 5.41) is 0. The van der Waals surface area contributed by atoms with Gasteiger partial charge in [0, 0.05) is 16.4 Å². The van der Waals surface area contributed by atoms with Crippen molar-refractivity contribution >= 4 is 5.94 Å². The minimum Gasteiger partial charge on any atom is -0.233 e. The molecule has 0 saturated carbocycles. The minimum absolute atomic E-state index is 0.179. The molecule has 0 unspecified atom stereocenters. The summed E-state index contributed by atoms with van der Waals surface area (Å²) in [5.41, 5.74) is 3.02. The smallest absolute Gasteiger partial charge is 0.125 e. The summed E-state index contributed by atoms with van der Waals surface area (Å²) < 4.78 is 0. The summed E-state index contributed by atoms with van der Waals surface area (Å²) in [7, 11) is 0. The Labute approximate surface area is 90.8 Å². The van der Waals surface area contributed by atoms with E-state index in [1.807, 2.05) is 12.1 Å².